The second-order valence-corrected chi connectivity index (χ2v) is 5.54. The fourth-order valence-corrected chi connectivity index (χ4v) is 2.27. The SMILES string of the molecule is COCc1c(C(=O)NN=Cc2cc(Cl)ccc2O)nnn1-c1nonc1N. The number of methoxy groups -OCH3 is 1. The zero-order valence-corrected chi connectivity index (χ0v) is 14.6. The van der Waals surface area contributed by atoms with E-state index >= 15 is 0 Å². The largest absolute Gasteiger partial charge is 0.507 e. The molecule has 0 radical (unpaired) electrons. The van der Waals surface area contributed by atoms with Crippen LogP contribution in [0.5, 0.6) is 5.75 Å². The molecule has 0 aliphatic rings. The number of aromatic hydroxyl groups is 1. The number of anilines is 1. The lowest BCUT2D eigenvalue weighted by Gasteiger charge is -2.04. The summed E-state index contributed by atoms with van der Waals surface area (Å²) < 4.78 is 10.8. The fourth-order valence-electron chi connectivity index (χ4n) is 2.09. The molecule has 4 N–H and O–H groups in total. The van der Waals surface area contributed by atoms with E-state index in [-0.39, 0.29) is 35.4 Å². The van der Waals surface area contributed by atoms with E-state index in [0.717, 1.165) is 0 Å². The molecule has 0 saturated carbocycles. The number of nitrogens with two attached hydrogens (primary N) is 1. The molecule has 3 aromatic rings. The maximum Gasteiger partial charge on any atom is 0.293 e. The van der Waals surface area contributed by atoms with E-state index < -0.39 is 5.91 Å². The number of hydrogen-bond donors (Lipinski definition) is 3. The minimum absolute atomic E-state index is 0.0130. The summed E-state index contributed by atoms with van der Waals surface area (Å²) >= 11 is 5.85. The van der Waals surface area contributed by atoms with E-state index in [1.807, 2.05) is 0 Å². The third-order valence-electron chi connectivity index (χ3n) is 3.31. The van der Waals surface area contributed by atoms with Gasteiger partial charge in [0.2, 0.25) is 11.6 Å². The highest BCUT2D eigenvalue weighted by molar-refractivity contribution is 6.30. The van der Waals surface area contributed by atoms with Crippen molar-refractivity contribution in [3.05, 3.63) is 40.2 Å². The maximum absolute atomic E-state index is 12.4. The molecule has 140 valence electrons. The smallest absolute Gasteiger partial charge is 0.293 e. The van der Waals surface area contributed by atoms with Gasteiger partial charge in [-0.3, -0.25) is 4.79 Å². The van der Waals surface area contributed by atoms with Gasteiger partial charge in [-0.15, -0.1) is 5.10 Å². The number of hydrazone groups is 1. The number of hydrogen-bond acceptors (Lipinski definition) is 10. The van der Waals surface area contributed by atoms with E-state index in [1.54, 1.807) is 0 Å². The highest BCUT2D eigenvalue weighted by atomic mass is 35.5. The van der Waals surface area contributed by atoms with Gasteiger partial charge in [-0.1, -0.05) is 16.8 Å². The third-order valence-corrected chi connectivity index (χ3v) is 3.55. The fraction of sp³-hybridized carbons (Fsp3) is 0.143. The summed E-state index contributed by atoms with van der Waals surface area (Å²) in [6, 6.07) is 4.41. The molecule has 1 amide bonds. The van der Waals surface area contributed by atoms with Crippen molar-refractivity contribution in [1.29, 1.82) is 0 Å². The van der Waals surface area contributed by atoms with E-state index in [4.69, 9.17) is 22.1 Å². The van der Waals surface area contributed by atoms with Gasteiger partial charge in [0.05, 0.1) is 12.8 Å². The average molecular weight is 393 g/mol. The molecule has 0 fully saturated rings. The minimum Gasteiger partial charge on any atom is -0.507 e. The van der Waals surface area contributed by atoms with Gasteiger partial charge in [-0.05, 0) is 28.5 Å². The standard InChI is InChI=1S/C14H13ClN8O4/c1-26-6-9-11(18-22-23(9)13-12(16)20-27-21-13)14(25)19-17-5-7-4-8(15)2-3-10(7)24/h2-5,24H,6H2,1H3,(H2,16,20)(H,19,25). The Morgan fingerprint density at radius 1 is 1.52 bits per heavy atom. The van der Waals surface area contributed by atoms with E-state index in [0.29, 0.717) is 10.6 Å². The molecule has 0 bridgehead atoms. The predicted octanol–water partition coefficient (Wildman–Crippen LogP) is 0.502. The van der Waals surface area contributed by atoms with Crippen LogP contribution in [0, 0.1) is 0 Å². The van der Waals surface area contributed by atoms with Crippen molar-refractivity contribution in [2.24, 2.45) is 5.10 Å². The first-order valence-electron chi connectivity index (χ1n) is 7.35. The zero-order chi connectivity index (χ0) is 19.4. The number of ether oxygens (including phenoxy) is 1. The molecular formula is C14H13ClN8O4. The van der Waals surface area contributed by atoms with E-state index in [9.17, 15) is 9.90 Å². The van der Waals surface area contributed by atoms with Crippen LogP contribution in [0.15, 0.2) is 27.9 Å². The van der Waals surface area contributed by atoms with Crippen LogP contribution in [0.4, 0.5) is 5.82 Å². The summed E-state index contributed by atoms with van der Waals surface area (Å²) in [6.07, 6.45) is 1.24. The average Bonchev–Trinajstić information content (AvgIpc) is 3.24. The Morgan fingerprint density at radius 3 is 3.04 bits per heavy atom. The van der Waals surface area contributed by atoms with Crippen LogP contribution >= 0.6 is 11.6 Å². The Morgan fingerprint density at radius 2 is 2.33 bits per heavy atom. The van der Waals surface area contributed by atoms with Crippen LogP contribution in [0.1, 0.15) is 21.7 Å². The first-order chi connectivity index (χ1) is 13.0. The van der Waals surface area contributed by atoms with Gasteiger partial charge in [0.15, 0.2) is 5.69 Å². The van der Waals surface area contributed by atoms with Crippen molar-refractivity contribution < 1.29 is 19.3 Å². The van der Waals surface area contributed by atoms with Crippen LogP contribution in [0.25, 0.3) is 5.82 Å². The summed E-state index contributed by atoms with van der Waals surface area (Å²) in [4.78, 5) is 12.4. The monoisotopic (exact) mass is 392 g/mol. The van der Waals surface area contributed by atoms with Gasteiger partial charge in [-0.25, -0.2) is 10.1 Å². The molecule has 0 aliphatic carbocycles. The molecule has 0 unspecified atom stereocenters. The van der Waals surface area contributed by atoms with Gasteiger partial charge in [-0.2, -0.15) is 9.78 Å². The molecule has 2 aromatic heterocycles. The number of carbonyl (C=O) groups is 1. The highest BCUT2D eigenvalue weighted by Crippen LogP contribution is 2.19. The first-order valence-corrected chi connectivity index (χ1v) is 7.73. The number of benzene rings is 1. The Bertz CT molecular complexity index is 999. The minimum atomic E-state index is -0.666. The molecule has 12 nitrogen and oxygen atoms in total. The number of nitrogen functional groups attached to an aromatic ring is 1. The van der Waals surface area contributed by atoms with Gasteiger partial charge in [0, 0.05) is 17.7 Å². The van der Waals surface area contributed by atoms with Crippen molar-refractivity contribution in [2.75, 3.05) is 12.8 Å². The van der Waals surface area contributed by atoms with Crippen LogP contribution in [-0.2, 0) is 11.3 Å². The number of nitrogens with zero attached hydrogens (tertiary/aromatic N) is 6. The predicted molar refractivity (Wildman–Crippen MR) is 92.5 cm³/mol. The van der Waals surface area contributed by atoms with Crippen LogP contribution in [-0.4, -0.2) is 49.6 Å². The van der Waals surface area contributed by atoms with Gasteiger partial charge in [0.25, 0.3) is 5.91 Å². The van der Waals surface area contributed by atoms with Crippen molar-refractivity contribution in [3.8, 4) is 11.6 Å². The molecule has 0 aliphatic heterocycles. The van der Waals surface area contributed by atoms with Crippen LogP contribution < -0.4 is 11.2 Å². The lowest BCUT2D eigenvalue weighted by atomic mass is 10.2. The topological polar surface area (TPSA) is 167 Å². The second kappa shape index (κ2) is 7.80. The Hall–Kier alpha value is -3.51. The molecule has 2 heterocycles. The Labute approximate surface area is 156 Å². The second-order valence-electron chi connectivity index (χ2n) is 5.10. The van der Waals surface area contributed by atoms with Crippen LogP contribution in [0.2, 0.25) is 5.02 Å². The Kier molecular flexibility index (Phi) is 5.28. The number of rotatable bonds is 6. The number of nitrogens with one attached hydrogen (secondary N) is 1. The molecule has 0 atom stereocenters. The van der Waals surface area contributed by atoms with Crippen molar-refractivity contribution in [2.45, 2.75) is 6.61 Å². The molecule has 0 saturated heterocycles. The highest BCUT2D eigenvalue weighted by Gasteiger charge is 2.23. The number of phenols is 1. The van der Waals surface area contributed by atoms with Crippen molar-refractivity contribution in [1.82, 2.24) is 30.7 Å². The number of amides is 1. The number of phenolic OH excluding ortho intramolecular Hbond substituents is 1. The number of carbonyl (C=O) groups excluding carboxylic acids is 1. The molecule has 3 rings (SSSR count). The first kappa shape index (κ1) is 18.3. The number of halogens is 1. The van der Waals surface area contributed by atoms with E-state index in [2.05, 4.69) is 35.8 Å². The number of aromatic nitrogens is 5. The zero-order valence-electron chi connectivity index (χ0n) is 13.8. The summed E-state index contributed by atoms with van der Waals surface area (Å²) in [6.45, 7) is -0.0130. The third kappa shape index (κ3) is 3.86. The summed E-state index contributed by atoms with van der Waals surface area (Å²) in [5.41, 5.74) is 8.44. The molecular weight excluding hydrogens is 380 g/mol. The quantitative estimate of drug-likeness (QED) is 0.399. The molecule has 13 heteroatoms. The normalized spacial score (nSPS) is 11.2. The molecule has 0 spiro atoms. The van der Waals surface area contributed by atoms with Crippen LogP contribution in [0.3, 0.4) is 0 Å². The van der Waals surface area contributed by atoms with Gasteiger partial charge >= 0.3 is 0 Å². The Balaban J connectivity index is 1.82. The molecule has 27 heavy (non-hydrogen) atoms. The van der Waals surface area contributed by atoms with Crippen molar-refractivity contribution in [3.63, 3.8) is 0 Å². The van der Waals surface area contributed by atoms with E-state index in [1.165, 1.54) is 36.2 Å². The molecule has 1 aromatic carbocycles. The lowest BCUT2D eigenvalue weighted by Crippen LogP contribution is -2.20. The summed E-state index contributed by atoms with van der Waals surface area (Å²) in [7, 11) is 1.43. The lowest BCUT2D eigenvalue weighted by molar-refractivity contribution is 0.0944. The van der Waals surface area contributed by atoms with Crippen molar-refractivity contribution >= 4 is 29.5 Å². The van der Waals surface area contributed by atoms with Gasteiger partial charge < -0.3 is 15.6 Å². The van der Waals surface area contributed by atoms with Gasteiger partial charge in [0.1, 0.15) is 11.4 Å². The maximum atomic E-state index is 12.4. The summed E-state index contributed by atoms with van der Waals surface area (Å²) in [5.74, 6) is -0.668. The summed E-state index contributed by atoms with van der Waals surface area (Å²) in [5, 5.41) is 28.6.